The molecule has 0 saturated carbocycles. The van der Waals surface area contributed by atoms with Gasteiger partial charge in [-0.2, -0.15) is 0 Å². The molecule has 1 amide bonds. The fraction of sp³-hybridized carbons (Fsp3) is 0.0667. The number of hydrogen-bond acceptors (Lipinski definition) is 3. The van der Waals surface area contributed by atoms with Crippen LogP contribution in [0.4, 0.5) is 11.4 Å². The molecule has 2 aliphatic heterocycles. The van der Waals surface area contributed by atoms with Crippen LogP contribution >= 0.6 is 15.9 Å². The van der Waals surface area contributed by atoms with Crippen LogP contribution in [0.5, 0.6) is 0 Å². The summed E-state index contributed by atoms with van der Waals surface area (Å²) in [5.41, 5.74) is 3.44. The molecule has 0 spiro atoms. The van der Waals surface area contributed by atoms with Gasteiger partial charge < -0.3 is 10.2 Å². The standard InChI is InChI=1S/C15H10BrN3O/c16-9-5-6-13-11(7-9)15(20)18-14-10-3-1-2-4-12(10)17-8-19(13)14/h1-8,14H,(H,18,20). The van der Waals surface area contributed by atoms with Gasteiger partial charge in [-0.3, -0.25) is 4.79 Å². The van der Waals surface area contributed by atoms with Crippen LogP contribution in [0.3, 0.4) is 0 Å². The first-order valence-corrected chi connectivity index (χ1v) is 7.05. The molecule has 5 heteroatoms. The Morgan fingerprint density at radius 2 is 2.05 bits per heavy atom. The van der Waals surface area contributed by atoms with Gasteiger partial charge in [0.25, 0.3) is 5.91 Å². The van der Waals surface area contributed by atoms with E-state index in [1.165, 1.54) is 0 Å². The molecule has 2 aliphatic rings. The molecule has 1 atom stereocenters. The molecule has 0 aromatic heterocycles. The first-order valence-electron chi connectivity index (χ1n) is 6.26. The summed E-state index contributed by atoms with van der Waals surface area (Å²) in [4.78, 5) is 18.8. The number of nitrogens with zero attached hydrogens (tertiary/aromatic N) is 2. The van der Waals surface area contributed by atoms with Crippen molar-refractivity contribution in [1.82, 2.24) is 5.32 Å². The molecule has 0 aliphatic carbocycles. The predicted octanol–water partition coefficient (Wildman–Crippen LogP) is 3.37. The SMILES string of the molecule is O=C1NC2c3ccccc3N=CN2c2ccc(Br)cc21. The van der Waals surface area contributed by atoms with Gasteiger partial charge in [0.15, 0.2) is 0 Å². The van der Waals surface area contributed by atoms with Gasteiger partial charge in [-0.15, -0.1) is 0 Å². The Kier molecular flexibility index (Phi) is 2.44. The molecule has 1 N–H and O–H groups in total. The smallest absolute Gasteiger partial charge is 0.255 e. The second-order valence-corrected chi connectivity index (χ2v) is 5.66. The van der Waals surface area contributed by atoms with Crippen molar-refractivity contribution in [3.63, 3.8) is 0 Å². The lowest BCUT2D eigenvalue weighted by Crippen LogP contribution is -2.47. The van der Waals surface area contributed by atoms with Crippen LogP contribution in [0.15, 0.2) is 51.9 Å². The van der Waals surface area contributed by atoms with Crippen molar-refractivity contribution in [2.45, 2.75) is 6.17 Å². The minimum Gasteiger partial charge on any atom is -0.327 e. The maximum atomic E-state index is 12.3. The van der Waals surface area contributed by atoms with Gasteiger partial charge in [0, 0.05) is 10.0 Å². The number of rotatable bonds is 0. The molecule has 1 unspecified atom stereocenters. The average molecular weight is 328 g/mol. The third-order valence-corrected chi connectivity index (χ3v) is 4.07. The number of para-hydroxylation sites is 1. The Hall–Kier alpha value is -2.14. The van der Waals surface area contributed by atoms with E-state index in [2.05, 4.69) is 26.2 Å². The Morgan fingerprint density at radius 1 is 1.20 bits per heavy atom. The first kappa shape index (κ1) is 11.7. The van der Waals surface area contributed by atoms with Crippen molar-refractivity contribution in [3.8, 4) is 0 Å². The number of hydrogen-bond donors (Lipinski definition) is 1. The van der Waals surface area contributed by atoms with Gasteiger partial charge in [0.1, 0.15) is 6.17 Å². The number of nitrogens with one attached hydrogen (secondary N) is 1. The quantitative estimate of drug-likeness (QED) is 0.806. The maximum absolute atomic E-state index is 12.3. The molecule has 4 nitrogen and oxygen atoms in total. The first-order chi connectivity index (χ1) is 9.74. The second-order valence-electron chi connectivity index (χ2n) is 4.75. The third kappa shape index (κ3) is 1.59. The van der Waals surface area contributed by atoms with Crippen molar-refractivity contribution < 1.29 is 4.79 Å². The molecule has 98 valence electrons. The number of anilines is 1. The molecular formula is C15H10BrN3O. The summed E-state index contributed by atoms with van der Waals surface area (Å²) in [6.07, 6.45) is 1.59. The van der Waals surface area contributed by atoms with E-state index < -0.39 is 0 Å². The lowest BCUT2D eigenvalue weighted by Gasteiger charge is -2.38. The molecule has 4 rings (SSSR count). The average Bonchev–Trinajstić information content (AvgIpc) is 2.47. The summed E-state index contributed by atoms with van der Waals surface area (Å²) in [5.74, 6) is -0.0624. The van der Waals surface area contributed by atoms with Gasteiger partial charge in [0.05, 0.1) is 23.3 Å². The largest absolute Gasteiger partial charge is 0.327 e. The highest BCUT2D eigenvalue weighted by Gasteiger charge is 2.34. The molecule has 0 radical (unpaired) electrons. The second kappa shape index (κ2) is 4.18. The number of aliphatic imine (C=N–C) groups is 1. The number of fused-ring (bicyclic) bond motifs is 5. The van der Waals surface area contributed by atoms with Crippen molar-refractivity contribution in [2.75, 3.05) is 4.90 Å². The molecule has 0 saturated heterocycles. The van der Waals surface area contributed by atoms with E-state index in [-0.39, 0.29) is 12.1 Å². The van der Waals surface area contributed by atoms with E-state index in [0.717, 1.165) is 21.4 Å². The Morgan fingerprint density at radius 3 is 2.95 bits per heavy atom. The number of carbonyl (C=O) groups is 1. The maximum Gasteiger partial charge on any atom is 0.255 e. The molecule has 2 aromatic carbocycles. The lowest BCUT2D eigenvalue weighted by atomic mass is 10.0. The Balaban J connectivity index is 1.91. The summed E-state index contributed by atoms with van der Waals surface area (Å²) in [5, 5.41) is 3.03. The molecule has 2 aromatic rings. The van der Waals surface area contributed by atoms with E-state index in [9.17, 15) is 4.79 Å². The van der Waals surface area contributed by atoms with Crippen LogP contribution in [-0.2, 0) is 0 Å². The van der Waals surface area contributed by atoms with E-state index in [1.54, 1.807) is 6.34 Å². The summed E-state index contributed by atoms with van der Waals surface area (Å²) in [7, 11) is 0. The normalized spacial score (nSPS) is 18.9. The van der Waals surface area contributed by atoms with Crippen LogP contribution < -0.4 is 10.2 Å². The Bertz CT molecular complexity index is 757. The van der Waals surface area contributed by atoms with E-state index in [0.29, 0.717) is 5.56 Å². The van der Waals surface area contributed by atoms with Crippen molar-refractivity contribution in [3.05, 3.63) is 58.1 Å². The van der Waals surface area contributed by atoms with Gasteiger partial charge in [0.2, 0.25) is 0 Å². The molecule has 2 heterocycles. The van der Waals surface area contributed by atoms with Crippen molar-refractivity contribution in [1.29, 1.82) is 0 Å². The van der Waals surface area contributed by atoms with Gasteiger partial charge in [-0.25, -0.2) is 4.99 Å². The molecule has 20 heavy (non-hydrogen) atoms. The topological polar surface area (TPSA) is 44.7 Å². The monoisotopic (exact) mass is 327 g/mol. The summed E-state index contributed by atoms with van der Waals surface area (Å²) < 4.78 is 0.888. The minimum atomic E-state index is -0.190. The minimum absolute atomic E-state index is 0.0624. The number of halogens is 1. The van der Waals surface area contributed by atoms with Crippen LogP contribution in [0.2, 0.25) is 0 Å². The summed E-state index contributed by atoms with van der Waals surface area (Å²) in [6.45, 7) is 0. The van der Waals surface area contributed by atoms with E-state index >= 15 is 0 Å². The highest BCUT2D eigenvalue weighted by Crippen LogP contribution is 2.39. The van der Waals surface area contributed by atoms with E-state index in [4.69, 9.17) is 0 Å². The van der Waals surface area contributed by atoms with Crippen LogP contribution in [0, 0.1) is 0 Å². The summed E-state index contributed by atoms with van der Waals surface area (Å²) >= 11 is 3.40. The fourth-order valence-corrected chi connectivity index (χ4v) is 3.00. The number of carbonyl (C=O) groups excluding carboxylic acids is 1. The number of benzene rings is 2. The zero-order chi connectivity index (χ0) is 13.7. The van der Waals surface area contributed by atoms with Crippen LogP contribution in [0.25, 0.3) is 0 Å². The van der Waals surface area contributed by atoms with Crippen molar-refractivity contribution >= 4 is 39.6 Å². The molecular weight excluding hydrogens is 318 g/mol. The van der Waals surface area contributed by atoms with E-state index in [1.807, 2.05) is 47.4 Å². The summed E-state index contributed by atoms with van der Waals surface area (Å²) in [6, 6.07) is 13.5. The van der Waals surface area contributed by atoms with Gasteiger partial charge in [-0.05, 0) is 24.3 Å². The zero-order valence-corrected chi connectivity index (χ0v) is 12.0. The third-order valence-electron chi connectivity index (χ3n) is 3.58. The molecule has 0 bridgehead atoms. The van der Waals surface area contributed by atoms with Crippen molar-refractivity contribution in [2.24, 2.45) is 4.99 Å². The Labute approximate surface area is 124 Å². The van der Waals surface area contributed by atoms with Gasteiger partial charge >= 0.3 is 0 Å². The highest BCUT2D eigenvalue weighted by molar-refractivity contribution is 9.10. The fourth-order valence-electron chi connectivity index (χ4n) is 2.64. The molecule has 0 fully saturated rings. The lowest BCUT2D eigenvalue weighted by molar-refractivity contribution is 0.0930. The predicted molar refractivity (Wildman–Crippen MR) is 81.4 cm³/mol. The van der Waals surface area contributed by atoms with Crippen LogP contribution in [0.1, 0.15) is 22.1 Å². The zero-order valence-electron chi connectivity index (χ0n) is 10.4. The van der Waals surface area contributed by atoms with Gasteiger partial charge in [-0.1, -0.05) is 34.1 Å². The highest BCUT2D eigenvalue weighted by atomic mass is 79.9. The van der Waals surface area contributed by atoms with Crippen LogP contribution in [-0.4, -0.2) is 12.2 Å². The number of amides is 1.